The summed E-state index contributed by atoms with van der Waals surface area (Å²) in [4.78, 5) is 5.92. The van der Waals surface area contributed by atoms with Crippen LogP contribution in [0.5, 0.6) is 0 Å². The number of hydrogen-bond donors (Lipinski definition) is 1. The Hall–Kier alpha value is -1.75. The maximum absolute atomic E-state index is 12.5. The van der Waals surface area contributed by atoms with Gasteiger partial charge >= 0.3 is 0 Å². The van der Waals surface area contributed by atoms with Crippen molar-refractivity contribution in [1.82, 2.24) is 10.3 Å². The van der Waals surface area contributed by atoms with Gasteiger partial charge in [0.2, 0.25) is 0 Å². The minimum atomic E-state index is -2.37. The molecule has 0 fully saturated rings. The summed E-state index contributed by atoms with van der Waals surface area (Å²) in [6.07, 6.45) is -2.37. The first-order valence-corrected chi connectivity index (χ1v) is 6.14. The molecule has 0 aliphatic heterocycles. The predicted molar refractivity (Wildman–Crippen MR) is 73.8 cm³/mol. The van der Waals surface area contributed by atoms with Crippen molar-refractivity contribution in [1.29, 1.82) is 0 Å². The zero-order valence-corrected chi connectivity index (χ0v) is 11.0. The number of rotatable bonds is 5. The quantitative estimate of drug-likeness (QED) is 0.901. The van der Waals surface area contributed by atoms with Crippen LogP contribution in [0.1, 0.15) is 5.56 Å². The largest absolute Gasteiger partial charge is 0.354 e. The summed E-state index contributed by atoms with van der Waals surface area (Å²) in [6.45, 7) is 0.364. The molecule has 3 nitrogen and oxygen atoms in total. The number of para-hydroxylation sites is 1. The van der Waals surface area contributed by atoms with Gasteiger partial charge in [-0.15, -0.1) is 0 Å². The lowest BCUT2D eigenvalue weighted by Gasteiger charge is -2.19. The number of hydrogen-bond acceptors (Lipinski definition) is 3. The molecule has 1 aromatic carbocycles. The van der Waals surface area contributed by atoms with Crippen molar-refractivity contribution in [2.75, 3.05) is 25.5 Å². The molecule has 5 heteroatoms. The van der Waals surface area contributed by atoms with E-state index < -0.39 is 6.43 Å². The van der Waals surface area contributed by atoms with Crippen molar-refractivity contribution in [3.63, 3.8) is 0 Å². The Bertz CT molecular complexity index is 557. The lowest BCUT2D eigenvalue weighted by atomic mass is 10.1. The van der Waals surface area contributed by atoms with Crippen molar-refractivity contribution < 1.29 is 8.78 Å². The number of fused-ring (bicyclic) bond motifs is 1. The van der Waals surface area contributed by atoms with E-state index in [4.69, 9.17) is 0 Å². The Morgan fingerprint density at radius 2 is 2.05 bits per heavy atom. The lowest BCUT2D eigenvalue weighted by molar-refractivity contribution is 0.156. The van der Waals surface area contributed by atoms with Crippen molar-refractivity contribution in [3.8, 4) is 0 Å². The van der Waals surface area contributed by atoms with E-state index >= 15 is 0 Å². The molecule has 0 spiro atoms. The van der Waals surface area contributed by atoms with Crippen molar-refractivity contribution in [2.24, 2.45) is 0 Å². The second-order valence-electron chi connectivity index (χ2n) is 4.46. The summed E-state index contributed by atoms with van der Waals surface area (Å²) in [7, 11) is 3.49. The molecule has 19 heavy (non-hydrogen) atoms. The molecule has 102 valence electrons. The molecule has 0 amide bonds. The number of alkyl halides is 2. The first-order valence-electron chi connectivity index (χ1n) is 6.14. The maximum atomic E-state index is 12.5. The topological polar surface area (TPSA) is 28.2 Å². The van der Waals surface area contributed by atoms with E-state index in [-0.39, 0.29) is 6.54 Å². The van der Waals surface area contributed by atoms with Crippen LogP contribution in [0.2, 0.25) is 0 Å². The third-order valence-corrected chi connectivity index (χ3v) is 2.96. The molecule has 0 aliphatic carbocycles. The highest BCUT2D eigenvalue weighted by Gasteiger charge is 2.12. The summed E-state index contributed by atoms with van der Waals surface area (Å²) >= 11 is 0. The normalized spacial score (nSPS) is 11.2. The molecule has 2 rings (SSSR count). The average Bonchev–Trinajstić information content (AvgIpc) is 2.38. The molecular formula is C14H17F2N3. The van der Waals surface area contributed by atoms with Crippen LogP contribution in [0.4, 0.5) is 14.6 Å². The number of aromatic nitrogens is 1. The minimum absolute atomic E-state index is 0.315. The maximum Gasteiger partial charge on any atom is 0.255 e. The van der Waals surface area contributed by atoms with Gasteiger partial charge in [-0.2, -0.15) is 0 Å². The Balaban J connectivity index is 2.45. The molecule has 0 bridgehead atoms. The molecule has 0 saturated carbocycles. The van der Waals surface area contributed by atoms with Gasteiger partial charge in [-0.1, -0.05) is 18.2 Å². The Labute approximate surface area is 111 Å². The van der Waals surface area contributed by atoms with Gasteiger partial charge in [0.15, 0.2) is 0 Å². The molecular weight excluding hydrogens is 248 g/mol. The number of benzene rings is 1. The molecule has 0 saturated heterocycles. The standard InChI is InChI=1S/C14H17F2N3/c1-17-8-10-7-14(19(2)9-13(15)16)18-12-6-4-3-5-11(10)12/h3-7,13,17H,8-9H2,1-2H3. The highest BCUT2D eigenvalue weighted by atomic mass is 19.3. The van der Waals surface area contributed by atoms with Gasteiger partial charge in [0.05, 0.1) is 12.1 Å². The Morgan fingerprint density at radius 1 is 1.32 bits per heavy atom. The minimum Gasteiger partial charge on any atom is -0.354 e. The van der Waals surface area contributed by atoms with E-state index in [0.717, 1.165) is 16.5 Å². The van der Waals surface area contributed by atoms with Crippen LogP contribution in [-0.2, 0) is 6.54 Å². The third kappa shape index (κ3) is 3.17. The van der Waals surface area contributed by atoms with Gasteiger partial charge in [-0.05, 0) is 24.7 Å². The van der Waals surface area contributed by atoms with Crippen LogP contribution in [0, 0.1) is 0 Å². The second kappa shape index (κ2) is 5.93. The van der Waals surface area contributed by atoms with E-state index in [1.165, 1.54) is 4.90 Å². The van der Waals surface area contributed by atoms with E-state index in [1.807, 2.05) is 37.4 Å². The van der Waals surface area contributed by atoms with Gasteiger partial charge in [-0.25, -0.2) is 13.8 Å². The summed E-state index contributed by atoms with van der Waals surface area (Å²) in [6, 6.07) is 9.60. The zero-order valence-electron chi connectivity index (χ0n) is 11.0. The van der Waals surface area contributed by atoms with Crippen LogP contribution < -0.4 is 10.2 Å². The van der Waals surface area contributed by atoms with Crippen molar-refractivity contribution >= 4 is 16.7 Å². The van der Waals surface area contributed by atoms with Gasteiger partial charge in [0.25, 0.3) is 6.43 Å². The lowest BCUT2D eigenvalue weighted by Crippen LogP contribution is -2.25. The van der Waals surface area contributed by atoms with E-state index in [0.29, 0.717) is 12.4 Å². The molecule has 0 atom stereocenters. The Kier molecular flexibility index (Phi) is 4.27. The van der Waals surface area contributed by atoms with Gasteiger partial charge in [0.1, 0.15) is 5.82 Å². The molecule has 0 radical (unpaired) electrons. The van der Waals surface area contributed by atoms with Crippen LogP contribution in [0.3, 0.4) is 0 Å². The number of nitrogens with zero attached hydrogens (tertiary/aromatic N) is 2. The van der Waals surface area contributed by atoms with Gasteiger partial charge < -0.3 is 10.2 Å². The van der Waals surface area contributed by atoms with Gasteiger partial charge in [0, 0.05) is 19.0 Å². The summed E-state index contributed by atoms with van der Waals surface area (Å²) < 4.78 is 24.9. The first-order chi connectivity index (χ1) is 9.11. The predicted octanol–water partition coefficient (Wildman–Crippen LogP) is 2.66. The molecule has 1 N–H and O–H groups in total. The van der Waals surface area contributed by atoms with E-state index in [2.05, 4.69) is 10.3 Å². The monoisotopic (exact) mass is 265 g/mol. The average molecular weight is 265 g/mol. The van der Waals surface area contributed by atoms with Crippen molar-refractivity contribution in [3.05, 3.63) is 35.9 Å². The number of halogens is 2. The summed E-state index contributed by atoms with van der Waals surface area (Å²) in [5.74, 6) is 0.573. The fourth-order valence-corrected chi connectivity index (χ4v) is 2.06. The van der Waals surface area contributed by atoms with Crippen LogP contribution in [-0.4, -0.2) is 32.0 Å². The number of anilines is 1. The molecule has 2 aromatic rings. The van der Waals surface area contributed by atoms with E-state index in [9.17, 15) is 8.78 Å². The third-order valence-electron chi connectivity index (χ3n) is 2.96. The fraction of sp³-hybridized carbons (Fsp3) is 0.357. The first kappa shape index (κ1) is 13.7. The molecule has 0 aliphatic rings. The van der Waals surface area contributed by atoms with E-state index in [1.54, 1.807) is 7.05 Å². The SMILES string of the molecule is CNCc1cc(N(C)CC(F)F)nc2ccccc12. The zero-order chi connectivity index (χ0) is 13.8. The second-order valence-corrected chi connectivity index (χ2v) is 4.46. The van der Waals surface area contributed by atoms with Crippen LogP contribution in [0.15, 0.2) is 30.3 Å². The highest BCUT2D eigenvalue weighted by molar-refractivity contribution is 5.84. The van der Waals surface area contributed by atoms with Gasteiger partial charge in [-0.3, -0.25) is 0 Å². The summed E-state index contributed by atoms with van der Waals surface area (Å²) in [5, 5.41) is 4.14. The number of pyridine rings is 1. The Morgan fingerprint density at radius 3 is 2.74 bits per heavy atom. The highest BCUT2D eigenvalue weighted by Crippen LogP contribution is 2.22. The fourth-order valence-electron chi connectivity index (χ4n) is 2.06. The van der Waals surface area contributed by atoms with Crippen molar-refractivity contribution in [2.45, 2.75) is 13.0 Å². The molecule has 1 aromatic heterocycles. The summed E-state index contributed by atoms with van der Waals surface area (Å²) in [5.41, 5.74) is 1.88. The smallest absolute Gasteiger partial charge is 0.255 e. The molecule has 0 unspecified atom stereocenters. The van der Waals surface area contributed by atoms with Crippen LogP contribution >= 0.6 is 0 Å². The van der Waals surface area contributed by atoms with Crippen LogP contribution in [0.25, 0.3) is 10.9 Å². The number of nitrogens with one attached hydrogen (secondary N) is 1. The molecule has 1 heterocycles.